The van der Waals surface area contributed by atoms with E-state index in [9.17, 15) is 24.3 Å². The molecule has 2 aliphatic rings. The Morgan fingerprint density at radius 1 is 1.40 bits per heavy atom. The number of thioether (sulfide) groups is 2. The van der Waals surface area contributed by atoms with E-state index in [4.69, 9.17) is 23.1 Å². The van der Waals surface area contributed by atoms with Crippen molar-refractivity contribution < 1.29 is 24.3 Å². The molecule has 0 bridgehead atoms. The number of nitrogens with two attached hydrogens (primary N) is 2. The molecule has 0 spiro atoms. The molecule has 3 amide bonds. The number of carbonyl (C=O) groups is 4. The van der Waals surface area contributed by atoms with Gasteiger partial charge in [0.25, 0.3) is 11.8 Å². The number of aromatic nitrogens is 5. The smallest absolute Gasteiger partial charge is 0.352 e. The van der Waals surface area contributed by atoms with E-state index in [1.807, 2.05) is 0 Å². The quantitative estimate of drug-likeness (QED) is 0.171. The van der Waals surface area contributed by atoms with Gasteiger partial charge in [-0.3, -0.25) is 19.3 Å². The summed E-state index contributed by atoms with van der Waals surface area (Å²) in [5.41, 5.74) is 12.4. The van der Waals surface area contributed by atoms with Crippen LogP contribution >= 0.6 is 46.5 Å². The number of rotatable bonds is 9. The number of hydrogen-bond donors (Lipinski definition) is 4. The van der Waals surface area contributed by atoms with Crippen molar-refractivity contribution >= 4 is 80.9 Å². The highest BCUT2D eigenvalue weighted by molar-refractivity contribution is 8.01. The molecular formula is C17H16ClN9O5S3. The Hall–Kier alpha value is -3.15. The van der Waals surface area contributed by atoms with Gasteiger partial charge >= 0.3 is 5.97 Å². The summed E-state index contributed by atoms with van der Waals surface area (Å²) in [6.07, 6.45) is 0. The van der Waals surface area contributed by atoms with E-state index in [0.717, 1.165) is 33.5 Å². The average molecular weight is 558 g/mol. The van der Waals surface area contributed by atoms with Gasteiger partial charge in [0.1, 0.15) is 23.7 Å². The van der Waals surface area contributed by atoms with Gasteiger partial charge in [-0.2, -0.15) is 0 Å². The van der Waals surface area contributed by atoms with Gasteiger partial charge in [-0.15, -0.1) is 28.2 Å². The number of amides is 3. The van der Waals surface area contributed by atoms with Crippen LogP contribution < -0.4 is 16.8 Å². The molecule has 0 aliphatic carbocycles. The fourth-order valence-electron chi connectivity index (χ4n) is 3.34. The Labute approximate surface area is 214 Å². The van der Waals surface area contributed by atoms with Crippen LogP contribution in [0, 0.1) is 0 Å². The number of nitrogens with zero attached hydrogens (tertiary/aromatic N) is 6. The molecule has 2 aliphatic heterocycles. The number of carboxylic acids is 1. The van der Waals surface area contributed by atoms with Crippen molar-refractivity contribution in [2.75, 3.05) is 17.2 Å². The van der Waals surface area contributed by atoms with E-state index in [1.54, 1.807) is 5.38 Å². The van der Waals surface area contributed by atoms with Crippen LogP contribution in [0.4, 0.5) is 5.13 Å². The predicted octanol–water partition coefficient (Wildman–Crippen LogP) is -0.692. The number of fused-ring (bicyclic) bond motifs is 1. The van der Waals surface area contributed by atoms with Gasteiger partial charge in [-0.05, 0) is 16.0 Å². The molecule has 35 heavy (non-hydrogen) atoms. The maximum atomic E-state index is 12.9. The Morgan fingerprint density at radius 2 is 2.17 bits per heavy atom. The van der Waals surface area contributed by atoms with Gasteiger partial charge in [0.05, 0.1) is 11.3 Å². The molecule has 2 atom stereocenters. The fourth-order valence-corrected chi connectivity index (χ4v) is 6.48. The molecular weight excluding hydrogens is 542 g/mol. The molecule has 4 heterocycles. The maximum Gasteiger partial charge on any atom is 0.352 e. The van der Waals surface area contributed by atoms with E-state index in [2.05, 4.69) is 25.8 Å². The lowest BCUT2D eigenvalue weighted by Crippen LogP contribution is -2.70. The first-order valence-electron chi connectivity index (χ1n) is 9.61. The summed E-state index contributed by atoms with van der Waals surface area (Å²) in [5.74, 6) is -2.67. The molecule has 1 fully saturated rings. The molecule has 184 valence electrons. The number of aliphatic carboxylic acids is 1. The molecule has 2 aromatic rings. The minimum atomic E-state index is -1.28. The number of thiazole rings is 1. The zero-order chi connectivity index (χ0) is 25.3. The van der Waals surface area contributed by atoms with E-state index in [1.165, 1.54) is 16.4 Å². The van der Waals surface area contributed by atoms with Crippen LogP contribution in [0.15, 0.2) is 27.3 Å². The average Bonchev–Trinajstić information content (AvgIpc) is 3.43. The Morgan fingerprint density at radius 3 is 2.80 bits per heavy atom. The molecule has 2 aromatic heterocycles. The first-order valence-corrected chi connectivity index (χ1v) is 13.0. The van der Waals surface area contributed by atoms with Gasteiger partial charge < -0.3 is 21.9 Å². The first-order chi connectivity index (χ1) is 16.7. The number of tetrazole rings is 1. The normalized spacial score (nSPS) is 19.9. The highest BCUT2D eigenvalue weighted by atomic mass is 35.5. The number of nitrogens with one attached hydrogen (secondary N) is 1. The standard InChI is InChI=1S/C17H16ClN9O5S3/c18-1-7(8-5-34-16(20)21-8)12(29)22-10-13(30)27-11(15(31)32)6(3-33-14(10)27)4-35-17-23-24-25-26(17)2-9(19)28/h1,5,10,14H,2-4H2,(H2,19,28)(H2,20,21)(H,22,29)(H,31,32)/b7-1+. The van der Waals surface area contributed by atoms with Gasteiger partial charge in [0, 0.05) is 22.4 Å². The number of β-lactam (4-membered cyclic amide) rings is 1. The number of primary amides is 1. The third-order valence-electron chi connectivity index (χ3n) is 4.87. The molecule has 6 N–H and O–H groups in total. The second-order valence-electron chi connectivity index (χ2n) is 7.09. The second-order valence-corrected chi connectivity index (χ2v) is 10.2. The van der Waals surface area contributed by atoms with E-state index < -0.39 is 35.1 Å². The van der Waals surface area contributed by atoms with Crippen molar-refractivity contribution in [1.82, 2.24) is 35.4 Å². The molecule has 14 nitrogen and oxygen atoms in total. The summed E-state index contributed by atoms with van der Waals surface area (Å²) in [6.45, 7) is -0.227. The SMILES string of the molecule is NC(=O)Cn1nnnc1SCC1=C(C(=O)O)N2C(=O)C(NC(=O)/C(=C/Cl)c3csc(N)n3)C2SC1. The molecule has 1 saturated heterocycles. The first kappa shape index (κ1) is 25.0. The Kier molecular flexibility index (Phi) is 7.29. The van der Waals surface area contributed by atoms with Crippen molar-refractivity contribution in [3.63, 3.8) is 0 Å². The zero-order valence-corrected chi connectivity index (χ0v) is 20.7. The van der Waals surface area contributed by atoms with Gasteiger partial charge in [-0.25, -0.2) is 14.5 Å². The lowest BCUT2D eigenvalue weighted by atomic mass is 10.0. The van der Waals surface area contributed by atoms with Crippen molar-refractivity contribution in [2.24, 2.45) is 5.73 Å². The minimum Gasteiger partial charge on any atom is -0.477 e. The van der Waals surface area contributed by atoms with Crippen molar-refractivity contribution in [3.8, 4) is 0 Å². The van der Waals surface area contributed by atoms with Crippen LogP contribution in [0.2, 0.25) is 0 Å². The summed E-state index contributed by atoms with van der Waals surface area (Å²) in [4.78, 5) is 53.9. The highest BCUT2D eigenvalue weighted by Crippen LogP contribution is 2.41. The second kappa shape index (κ2) is 10.2. The summed E-state index contributed by atoms with van der Waals surface area (Å²) in [7, 11) is 0. The van der Waals surface area contributed by atoms with Crippen molar-refractivity contribution in [2.45, 2.75) is 23.1 Å². The predicted molar refractivity (Wildman–Crippen MR) is 128 cm³/mol. The molecule has 0 saturated carbocycles. The molecule has 2 unspecified atom stereocenters. The fraction of sp³-hybridized carbons (Fsp3) is 0.294. The number of halogens is 1. The van der Waals surface area contributed by atoms with E-state index in [-0.39, 0.29) is 45.3 Å². The Balaban J connectivity index is 1.47. The van der Waals surface area contributed by atoms with Gasteiger partial charge in [-0.1, -0.05) is 23.4 Å². The zero-order valence-electron chi connectivity index (χ0n) is 17.5. The summed E-state index contributed by atoms with van der Waals surface area (Å²) in [5, 5.41) is 24.9. The highest BCUT2D eigenvalue weighted by Gasteiger charge is 2.54. The topological polar surface area (TPSA) is 212 Å². The molecule has 0 radical (unpaired) electrons. The van der Waals surface area contributed by atoms with Crippen LogP contribution in [-0.2, 0) is 25.7 Å². The number of carboxylic acid groups (broad SMARTS) is 1. The number of hydrogen-bond acceptors (Lipinski definition) is 12. The maximum absolute atomic E-state index is 12.9. The van der Waals surface area contributed by atoms with Crippen LogP contribution in [0.25, 0.3) is 5.57 Å². The number of anilines is 1. The monoisotopic (exact) mass is 557 g/mol. The molecule has 0 aromatic carbocycles. The third-order valence-corrected chi connectivity index (χ3v) is 8.14. The van der Waals surface area contributed by atoms with Crippen LogP contribution in [0.1, 0.15) is 5.69 Å². The summed E-state index contributed by atoms with van der Waals surface area (Å²) in [6, 6.07) is -0.943. The van der Waals surface area contributed by atoms with Gasteiger partial charge in [0.2, 0.25) is 11.1 Å². The minimum absolute atomic E-state index is 0.0337. The summed E-state index contributed by atoms with van der Waals surface area (Å²) < 4.78 is 1.20. The van der Waals surface area contributed by atoms with E-state index >= 15 is 0 Å². The Bertz CT molecular complexity index is 1280. The van der Waals surface area contributed by atoms with Crippen LogP contribution in [0.3, 0.4) is 0 Å². The summed E-state index contributed by atoms with van der Waals surface area (Å²) >= 11 is 9.34. The van der Waals surface area contributed by atoms with Crippen molar-refractivity contribution in [1.29, 1.82) is 0 Å². The third kappa shape index (κ3) is 4.97. The number of nitrogen functional groups attached to an aromatic ring is 1. The molecule has 18 heteroatoms. The van der Waals surface area contributed by atoms with Gasteiger partial charge in [0.15, 0.2) is 5.13 Å². The largest absolute Gasteiger partial charge is 0.477 e. The lowest BCUT2D eigenvalue weighted by molar-refractivity contribution is -0.150. The number of carbonyl (C=O) groups excluding carboxylic acids is 3. The van der Waals surface area contributed by atoms with Crippen LogP contribution in [-0.4, -0.2) is 81.8 Å². The van der Waals surface area contributed by atoms with E-state index in [0.29, 0.717) is 5.57 Å². The lowest BCUT2D eigenvalue weighted by Gasteiger charge is -2.49. The van der Waals surface area contributed by atoms with Crippen LogP contribution in [0.5, 0.6) is 0 Å². The van der Waals surface area contributed by atoms with Crippen molar-refractivity contribution in [3.05, 3.63) is 27.9 Å². The molecule has 4 rings (SSSR count).